The summed E-state index contributed by atoms with van der Waals surface area (Å²) in [5.74, 6) is 0.934. The van der Waals surface area contributed by atoms with E-state index in [0.717, 1.165) is 31.4 Å². The SMILES string of the molecule is CCCC=CC1(Oc2ccc(CC)cc2)C=CC=CC1. The standard InChI is InChI=1S/C19H24O/c1-3-5-7-14-19(15-8-6-9-16-19)20-18-12-10-17(4-2)11-13-18/h6-15H,3-5,16H2,1-2H3. The predicted molar refractivity (Wildman–Crippen MR) is 86.1 cm³/mol. The summed E-state index contributed by atoms with van der Waals surface area (Å²) < 4.78 is 6.26. The molecule has 2 rings (SSSR count). The predicted octanol–water partition coefficient (Wildman–Crippen LogP) is 5.24. The third kappa shape index (κ3) is 3.86. The summed E-state index contributed by atoms with van der Waals surface area (Å²) >= 11 is 0. The van der Waals surface area contributed by atoms with Crippen LogP contribution in [0.2, 0.25) is 0 Å². The molecule has 0 aromatic heterocycles. The maximum absolute atomic E-state index is 6.26. The molecule has 0 radical (unpaired) electrons. The Morgan fingerprint density at radius 1 is 1.15 bits per heavy atom. The molecule has 0 heterocycles. The first-order valence-electron chi connectivity index (χ1n) is 7.58. The van der Waals surface area contributed by atoms with Crippen LogP contribution in [0.5, 0.6) is 5.75 Å². The zero-order chi connectivity index (χ0) is 14.3. The molecule has 0 N–H and O–H groups in total. The van der Waals surface area contributed by atoms with E-state index in [4.69, 9.17) is 4.74 Å². The summed E-state index contributed by atoms with van der Waals surface area (Å²) in [7, 11) is 0. The van der Waals surface area contributed by atoms with E-state index >= 15 is 0 Å². The Balaban J connectivity index is 2.14. The molecule has 1 aromatic carbocycles. The molecular formula is C19H24O. The quantitative estimate of drug-likeness (QED) is 0.641. The minimum Gasteiger partial charge on any atom is -0.479 e. The average molecular weight is 268 g/mol. The summed E-state index contributed by atoms with van der Waals surface area (Å²) in [6.07, 6.45) is 17.1. The third-order valence-electron chi connectivity index (χ3n) is 3.56. The van der Waals surface area contributed by atoms with Crippen molar-refractivity contribution in [2.24, 2.45) is 0 Å². The van der Waals surface area contributed by atoms with Gasteiger partial charge in [-0.1, -0.05) is 56.7 Å². The number of aryl methyl sites for hydroxylation is 1. The van der Waals surface area contributed by atoms with Gasteiger partial charge in [-0.15, -0.1) is 0 Å². The van der Waals surface area contributed by atoms with Gasteiger partial charge in [-0.05, 0) is 42.7 Å². The van der Waals surface area contributed by atoms with E-state index in [0.29, 0.717) is 0 Å². The Bertz CT molecular complexity index is 493. The second-order valence-electron chi connectivity index (χ2n) is 5.24. The van der Waals surface area contributed by atoms with Crippen molar-refractivity contribution in [3.05, 3.63) is 66.3 Å². The zero-order valence-corrected chi connectivity index (χ0v) is 12.5. The Hall–Kier alpha value is -1.76. The molecule has 0 spiro atoms. The lowest BCUT2D eigenvalue weighted by Gasteiger charge is -2.29. The van der Waals surface area contributed by atoms with Crippen molar-refractivity contribution in [3.63, 3.8) is 0 Å². The maximum Gasteiger partial charge on any atom is 0.149 e. The highest BCUT2D eigenvalue weighted by Crippen LogP contribution is 2.28. The Morgan fingerprint density at radius 2 is 1.95 bits per heavy atom. The Kier molecular flexibility index (Phi) is 5.23. The summed E-state index contributed by atoms with van der Waals surface area (Å²) in [6, 6.07) is 8.42. The first kappa shape index (κ1) is 14.6. The molecule has 1 unspecified atom stereocenters. The van der Waals surface area contributed by atoms with Crippen LogP contribution in [-0.2, 0) is 6.42 Å². The third-order valence-corrected chi connectivity index (χ3v) is 3.56. The zero-order valence-electron chi connectivity index (χ0n) is 12.5. The van der Waals surface area contributed by atoms with Gasteiger partial charge in [0.2, 0.25) is 0 Å². The summed E-state index contributed by atoms with van der Waals surface area (Å²) in [6.45, 7) is 4.36. The number of hydrogen-bond acceptors (Lipinski definition) is 1. The van der Waals surface area contributed by atoms with Crippen molar-refractivity contribution >= 4 is 0 Å². The fraction of sp³-hybridized carbons (Fsp3) is 0.368. The van der Waals surface area contributed by atoms with Crippen LogP contribution in [0.25, 0.3) is 0 Å². The first-order valence-corrected chi connectivity index (χ1v) is 7.58. The molecule has 1 nitrogen and oxygen atoms in total. The molecule has 0 bridgehead atoms. The number of ether oxygens (including phenoxy) is 1. The van der Waals surface area contributed by atoms with Gasteiger partial charge < -0.3 is 4.74 Å². The van der Waals surface area contributed by atoms with Gasteiger partial charge >= 0.3 is 0 Å². The van der Waals surface area contributed by atoms with E-state index in [1.807, 2.05) is 0 Å². The van der Waals surface area contributed by atoms with E-state index in [9.17, 15) is 0 Å². The van der Waals surface area contributed by atoms with E-state index < -0.39 is 0 Å². The number of hydrogen-bond donors (Lipinski definition) is 0. The van der Waals surface area contributed by atoms with Gasteiger partial charge in [0.05, 0.1) is 0 Å². The van der Waals surface area contributed by atoms with Crippen molar-refractivity contribution in [2.45, 2.75) is 45.1 Å². The average Bonchev–Trinajstić information content (AvgIpc) is 2.49. The molecule has 20 heavy (non-hydrogen) atoms. The maximum atomic E-state index is 6.26. The van der Waals surface area contributed by atoms with Crippen LogP contribution >= 0.6 is 0 Å². The number of rotatable bonds is 6. The molecule has 106 valence electrons. The van der Waals surface area contributed by atoms with Crippen molar-refractivity contribution in [2.75, 3.05) is 0 Å². The highest BCUT2D eigenvalue weighted by Gasteiger charge is 2.25. The molecule has 0 amide bonds. The van der Waals surface area contributed by atoms with Gasteiger partial charge in [-0.25, -0.2) is 0 Å². The smallest absolute Gasteiger partial charge is 0.149 e. The van der Waals surface area contributed by atoms with Gasteiger partial charge in [0, 0.05) is 6.42 Å². The lowest BCUT2D eigenvalue weighted by atomic mass is 9.94. The van der Waals surface area contributed by atoms with E-state index in [-0.39, 0.29) is 5.60 Å². The normalized spacial score (nSPS) is 21.5. The second kappa shape index (κ2) is 7.14. The van der Waals surface area contributed by atoms with E-state index in [1.165, 1.54) is 5.56 Å². The molecular weight excluding hydrogens is 244 g/mol. The van der Waals surface area contributed by atoms with Crippen LogP contribution in [-0.4, -0.2) is 5.60 Å². The van der Waals surface area contributed by atoms with Crippen LogP contribution in [0.1, 0.15) is 38.7 Å². The fourth-order valence-corrected chi connectivity index (χ4v) is 2.31. The number of benzene rings is 1. The van der Waals surface area contributed by atoms with Crippen LogP contribution in [0.15, 0.2) is 60.7 Å². The number of allylic oxidation sites excluding steroid dienone is 3. The molecule has 0 fully saturated rings. The van der Waals surface area contributed by atoms with Crippen molar-refractivity contribution in [1.29, 1.82) is 0 Å². The topological polar surface area (TPSA) is 9.23 Å². The minimum absolute atomic E-state index is 0.322. The van der Waals surface area contributed by atoms with Gasteiger partial charge in [0.15, 0.2) is 0 Å². The first-order chi connectivity index (χ1) is 9.78. The molecule has 1 aromatic rings. The molecule has 1 aliphatic carbocycles. The monoisotopic (exact) mass is 268 g/mol. The molecule has 0 aliphatic heterocycles. The van der Waals surface area contributed by atoms with Crippen molar-refractivity contribution in [1.82, 2.24) is 0 Å². The summed E-state index contributed by atoms with van der Waals surface area (Å²) in [5.41, 5.74) is 1.02. The number of unbranched alkanes of at least 4 members (excludes halogenated alkanes) is 1. The molecule has 0 saturated carbocycles. The van der Waals surface area contributed by atoms with Crippen LogP contribution in [0, 0.1) is 0 Å². The van der Waals surface area contributed by atoms with Gasteiger partial charge in [-0.3, -0.25) is 0 Å². The van der Waals surface area contributed by atoms with Gasteiger partial charge in [0.25, 0.3) is 0 Å². The summed E-state index contributed by atoms with van der Waals surface area (Å²) in [4.78, 5) is 0. The highest BCUT2D eigenvalue weighted by atomic mass is 16.5. The van der Waals surface area contributed by atoms with Crippen molar-refractivity contribution in [3.8, 4) is 5.75 Å². The Labute approximate surface area is 122 Å². The molecule has 1 heteroatoms. The molecule has 0 saturated heterocycles. The minimum atomic E-state index is -0.322. The fourth-order valence-electron chi connectivity index (χ4n) is 2.31. The molecule has 1 aliphatic rings. The van der Waals surface area contributed by atoms with Crippen LogP contribution in [0.4, 0.5) is 0 Å². The van der Waals surface area contributed by atoms with Crippen LogP contribution in [0.3, 0.4) is 0 Å². The highest BCUT2D eigenvalue weighted by molar-refractivity contribution is 5.32. The Morgan fingerprint density at radius 3 is 2.55 bits per heavy atom. The molecule has 1 atom stereocenters. The van der Waals surface area contributed by atoms with Crippen molar-refractivity contribution < 1.29 is 4.74 Å². The van der Waals surface area contributed by atoms with Gasteiger partial charge in [-0.2, -0.15) is 0 Å². The lowest BCUT2D eigenvalue weighted by Crippen LogP contribution is -2.31. The van der Waals surface area contributed by atoms with E-state index in [1.54, 1.807) is 0 Å². The van der Waals surface area contributed by atoms with Gasteiger partial charge in [0.1, 0.15) is 11.4 Å². The summed E-state index contributed by atoms with van der Waals surface area (Å²) in [5, 5.41) is 0. The lowest BCUT2D eigenvalue weighted by molar-refractivity contribution is 0.173. The second-order valence-corrected chi connectivity index (χ2v) is 5.24. The van der Waals surface area contributed by atoms with E-state index in [2.05, 4.69) is 74.6 Å². The van der Waals surface area contributed by atoms with Crippen LogP contribution < -0.4 is 4.74 Å². The largest absolute Gasteiger partial charge is 0.479 e.